The van der Waals surface area contributed by atoms with E-state index in [0.29, 0.717) is 5.69 Å². The minimum atomic E-state index is -0.307. The number of halogens is 1. The molecule has 20 heavy (non-hydrogen) atoms. The average molecular weight is 336 g/mol. The van der Waals surface area contributed by atoms with E-state index in [1.54, 1.807) is 6.20 Å². The molecule has 0 radical (unpaired) electrons. The third-order valence-corrected chi connectivity index (χ3v) is 4.41. The van der Waals surface area contributed by atoms with E-state index in [0.717, 1.165) is 46.7 Å². The molecule has 1 aromatic carbocycles. The van der Waals surface area contributed by atoms with Crippen LogP contribution in [0.25, 0.3) is 10.9 Å². The number of benzene rings is 1. The number of nitrogen functional groups attached to an aromatic ring is 1. The van der Waals surface area contributed by atoms with Gasteiger partial charge in [0.1, 0.15) is 0 Å². The van der Waals surface area contributed by atoms with Gasteiger partial charge in [0.05, 0.1) is 35.2 Å². The van der Waals surface area contributed by atoms with Crippen LogP contribution in [-0.2, 0) is 0 Å². The van der Waals surface area contributed by atoms with Crippen molar-refractivity contribution in [3.05, 3.63) is 28.9 Å². The Bertz CT molecular complexity index is 627. The van der Waals surface area contributed by atoms with E-state index in [-0.39, 0.29) is 12.1 Å². The van der Waals surface area contributed by atoms with Gasteiger partial charge < -0.3 is 16.2 Å². The van der Waals surface area contributed by atoms with E-state index in [1.807, 2.05) is 18.2 Å². The van der Waals surface area contributed by atoms with Crippen LogP contribution in [-0.4, -0.2) is 22.2 Å². The van der Waals surface area contributed by atoms with Crippen LogP contribution in [0.2, 0.25) is 0 Å². The highest BCUT2D eigenvalue weighted by atomic mass is 79.9. The second kappa shape index (κ2) is 5.58. The van der Waals surface area contributed by atoms with E-state index in [1.165, 1.54) is 0 Å². The van der Waals surface area contributed by atoms with E-state index in [9.17, 15) is 5.11 Å². The van der Waals surface area contributed by atoms with Crippen molar-refractivity contribution >= 4 is 38.2 Å². The fraction of sp³-hybridized carbons (Fsp3) is 0.400. The molecule has 0 aliphatic heterocycles. The Kier molecular flexibility index (Phi) is 3.81. The molecule has 1 heterocycles. The Morgan fingerprint density at radius 1 is 1.30 bits per heavy atom. The summed E-state index contributed by atoms with van der Waals surface area (Å²) >= 11 is 3.48. The highest BCUT2D eigenvalue weighted by Gasteiger charge is 2.24. The molecule has 2 atom stereocenters. The maximum absolute atomic E-state index is 10.1. The largest absolute Gasteiger partial charge is 0.396 e. The summed E-state index contributed by atoms with van der Waals surface area (Å²) in [7, 11) is 0. The summed E-state index contributed by atoms with van der Waals surface area (Å²) < 4.78 is 0.990. The third kappa shape index (κ3) is 2.60. The number of pyridine rings is 1. The Labute approximate surface area is 126 Å². The lowest BCUT2D eigenvalue weighted by atomic mass is 9.92. The van der Waals surface area contributed by atoms with Crippen molar-refractivity contribution in [2.75, 3.05) is 11.1 Å². The number of aromatic nitrogens is 1. The fourth-order valence-electron chi connectivity index (χ4n) is 2.81. The quantitative estimate of drug-likeness (QED) is 0.787. The molecule has 4 N–H and O–H groups in total. The molecular formula is C15H18BrN3O. The third-order valence-electron chi connectivity index (χ3n) is 3.92. The van der Waals surface area contributed by atoms with Gasteiger partial charge in [-0.2, -0.15) is 0 Å². The number of aliphatic hydroxyl groups excluding tert-OH is 1. The minimum Gasteiger partial charge on any atom is -0.396 e. The molecule has 5 heteroatoms. The van der Waals surface area contributed by atoms with Gasteiger partial charge in [-0.3, -0.25) is 4.98 Å². The van der Waals surface area contributed by atoms with Crippen molar-refractivity contribution in [2.24, 2.45) is 0 Å². The van der Waals surface area contributed by atoms with Gasteiger partial charge in [0.2, 0.25) is 0 Å². The van der Waals surface area contributed by atoms with Gasteiger partial charge >= 0.3 is 0 Å². The summed E-state index contributed by atoms with van der Waals surface area (Å²) in [5.41, 5.74) is 8.47. The van der Waals surface area contributed by atoms with Crippen LogP contribution in [0.15, 0.2) is 28.9 Å². The lowest BCUT2D eigenvalue weighted by molar-refractivity contribution is 0.116. The molecule has 1 aliphatic carbocycles. The van der Waals surface area contributed by atoms with Crippen LogP contribution in [0.1, 0.15) is 25.7 Å². The van der Waals surface area contributed by atoms with Crippen LogP contribution in [0, 0.1) is 0 Å². The van der Waals surface area contributed by atoms with Gasteiger partial charge in [-0.05, 0) is 31.0 Å². The smallest absolute Gasteiger partial charge is 0.0743 e. The molecule has 2 aromatic rings. The molecule has 0 bridgehead atoms. The molecule has 0 amide bonds. The summed E-state index contributed by atoms with van der Waals surface area (Å²) in [4.78, 5) is 4.35. The summed E-state index contributed by atoms with van der Waals surface area (Å²) in [5.74, 6) is 0. The van der Waals surface area contributed by atoms with Gasteiger partial charge in [-0.1, -0.05) is 28.8 Å². The molecule has 4 nitrogen and oxygen atoms in total. The standard InChI is InChI=1S/C15H18BrN3O/c16-9-5-6-12-10(7-9)15(11(17)8-18-12)19-13-3-1-2-4-14(13)20/h5-8,13-14,20H,1-4,17H2,(H,18,19). The van der Waals surface area contributed by atoms with Crippen molar-refractivity contribution in [2.45, 2.75) is 37.8 Å². The Morgan fingerprint density at radius 2 is 2.10 bits per heavy atom. The number of fused-ring (bicyclic) bond motifs is 1. The van der Waals surface area contributed by atoms with Crippen molar-refractivity contribution in [3.63, 3.8) is 0 Å². The van der Waals surface area contributed by atoms with Crippen LogP contribution in [0.4, 0.5) is 11.4 Å². The Balaban J connectivity index is 2.01. The zero-order valence-corrected chi connectivity index (χ0v) is 12.7. The first-order valence-electron chi connectivity index (χ1n) is 6.93. The summed E-state index contributed by atoms with van der Waals surface area (Å²) in [6.07, 6.45) is 5.42. The molecule has 2 unspecified atom stereocenters. The van der Waals surface area contributed by atoms with Crippen LogP contribution >= 0.6 is 15.9 Å². The average Bonchev–Trinajstić information content (AvgIpc) is 2.44. The number of nitrogens with one attached hydrogen (secondary N) is 1. The summed E-state index contributed by atoms with van der Waals surface area (Å²) in [6, 6.07) is 6.00. The van der Waals surface area contributed by atoms with Gasteiger partial charge in [0.25, 0.3) is 0 Å². The van der Waals surface area contributed by atoms with Crippen molar-refractivity contribution < 1.29 is 5.11 Å². The molecule has 1 aliphatic rings. The topological polar surface area (TPSA) is 71.2 Å². The van der Waals surface area contributed by atoms with Gasteiger partial charge in [-0.15, -0.1) is 0 Å². The van der Waals surface area contributed by atoms with E-state index in [2.05, 4.69) is 26.2 Å². The van der Waals surface area contributed by atoms with Crippen molar-refractivity contribution in [1.29, 1.82) is 0 Å². The number of anilines is 2. The van der Waals surface area contributed by atoms with Crippen LogP contribution in [0.3, 0.4) is 0 Å². The summed E-state index contributed by atoms with van der Waals surface area (Å²) in [6.45, 7) is 0. The highest BCUT2D eigenvalue weighted by molar-refractivity contribution is 9.10. The SMILES string of the molecule is Nc1cnc2ccc(Br)cc2c1NC1CCCCC1O. The first kappa shape index (κ1) is 13.6. The molecule has 1 aromatic heterocycles. The first-order chi connectivity index (χ1) is 9.65. The molecule has 1 saturated carbocycles. The van der Waals surface area contributed by atoms with Crippen molar-refractivity contribution in [1.82, 2.24) is 4.98 Å². The molecule has 106 valence electrons. The zero-order valence-electron chi connectivity index (χ0n) is 11.1. The van der Waals surface area contributed by atoms with E-state index >= 15 is 0 Å². The maximum atomic E-state index is 10.1. The fourth-order valence-corrected chi connectivity index (χ4v) is 3.17. The minimum absolute atomic E-state index is 0.0654. The van der Waals surface area contributed by atoms with Gasteiger partial charge in [0, 0.05) is 9.86 Å². The maximum Gasteiger partial charge on any atom is 0.0743 e. The Hall–Kier alpha value is -1.33. The zero-order chi connectivity index (χ0) is 14.1. The normalized spacial score (nSPS) is 22.9. The monoisotopic (exact) mass is 335 g/mol. The summed E-state index contributed by atoms with van der Waals surface area (Å²) in [5, 5.41) is 14.5. The van der Waals surface area contributed by atoms with Crippen molar-refractivity contribution in [3.8, 4) is 0 Å². The number of hydrogen-bond donors (Lipinski definition) is 3. The molecular weight excluding hydrogens is 318 g/mol. The first-order valence-corrected chi connectivity index (χ1v) is 7.73. The van der Waals surface area contributed by atoms with Gasteiger partial charge in [0.15, 0.2) is 0 Å². The second-order valence-electron chi connectivity index (χ2n) is 5.35. The molecule has 3 rings (SSSR count). The van der Waals surface area contributed by atoms with Crippen LogP contribution in [0.5, 0.6) is 0 Å². The highest BCUT2D eigenvalue weighted by Crippen LogP contribution is 2.32. The number of nitrogens with zero attached hydrogens (tertiary/aromatic N) is 1. The number of rotatable bonds is 2. The van der Waals surface area contributed by atoms with E-state index in [4.69, 9.17) is 5.73 Å². The van der Waals surface area contributed by atoms with Crippen LogP contribution < -0.4 is 11.1 Å². The number of nitrogens with two attached hydrogens (primary N) is 1. The van der Waals surface area contributed by atoms with Gasteiger partial charge in [-0.25, -0.2) is 0 Å². The lowest BCUT2D eigenvalue weighted by Crippen LogP contribution is -2.36. The Morgan fingerprint density at radius 3 is 2.90 bits per heavy atom. The predicted octanol–water partition coefficient (Wildman–Crippen LogP) is 3.29. The number of hydrogen-bond acceptors (Lipinski definition) is 4. The molecule has 1 fully saturated rings. The lowest BCUT2D eigenvalue weighted by Gasteiger charge is -2.30. The number of aliphatic hydroxyl groups is 1. The predicted molar refractivity (Wildman–Crippen MR) is 85.7 cm³/mol. The molecule has 0 saturated heterocycles. The second-order valence-corrected chi connectivity index (χ2v) is 6.27. The molecule has 0 spiro atoms. The van der Waals surface area contributed by atoms with E-state index < -0.39 is 0 Å².